The van der Waals surface area contributed by atoms with Crippen LogP contribution in [0.5, 0.6) is 11.5 Å². The molecule has 142 valence electrons. The molecule has 0 aliphatic heterocycles. The van der Waals surface area contributed by atoms with Crippen molar-refractivity contribution < 1.29 is 14.3 Å². The van der Waals surface area contributed by atoms with E-state index in [-0.39, 0.29) is 5.91 Å². The van der Waals surface area contributed by atoms with Crippen LogP contribution >= 0.6 is 0 Å². The van der Waals surface area contributed by atoms with Crippen molar-refractivity contribution >= 4 is 11.6 Å². The highest BCUT2D eigenvalue weighted by Crippen LogP contribution is 2.15. The molecule has 0 spiro atoms. The Hall–Kier alpha value is -3.60. The fourth-order valence-electron chi connectivity index (χ4n) is 2.54. The van der Waals surface area contributed by atoms with Crippen LogP contribution in [-0.2, 0) is 6.61 Å². The van der Waals surface area contributed by atoms with Crippen LogP contribution in [0.15, 0.2) is 84.0 Å². The van der Waals surface area contributed by atoms with Gasteiger partial charge in [-0.15, -0.1) is 0 Å². The van der Waals surface area contributed by atoms with E-state index in [0.717, 1.165) is 16.9 Å². The highest BCUT2D eigenvalue weighted by atomic mass is 16.5. The Morgan fingerprint density at radius 2 is 1.46 bits per heavy atom. The summed E-state index contributed by atoms with van der Waals surface area (Å²) in [7, 11) is 1.62. The van der Waals surface area contributed by atoms with Gasteiger partial charge in [-0.3, -0.25) is 4.79 Å². The first-order valence-corrected chi connectivity index (χ1v) is 8.91. The van der Waals surface area contributed by atoms with E-state index in [0.29, 0.717) is 23.6 Å². The lowest BCUT2D eigenvalue weighted by atomic mass is 10.1. The van der Waals surface area contributed by atoms with Gasteiger partial charge in [0, 0.05) is 5.56 Å². The number of ether oxygens (including phenoxy) is 2. The van der Waals surface area contributed by atoms with E-state index in [1.54, 1.807) is 31.4 Å². The van der Waals surface area contributed by atoms with Crippen LogP contribution in [-0.4, -0.2) is 18.7 Å². The van der Waals surface area contributed by atoms with Crippen LogP contribution in [0.2, 0.25) is 0 Å². The molecule has 0 aliphatic rings. The third kappa shape index (κ3) is 5.20. The molecule has 0 aliphatic carbocycles. The summed E-state index contributed by atoms with van der Waals surface area (Å²) in [5.41, 5.74) is 5.80. The first kappa shape index (κ1) is 19.2. The SMILES string of the molecule is COc1ccc(C(C)=NNC(=O)c2ccc(OCc3ccccc3)cc2)cc1. The Morgan fingerprint density at radius 3 is 2.11 bits per heavy atom. The minimum Gasteiger partial charge on any atom is -0.497 e. The maximum absolute atomic E-state index is 12.3. The topological polar surface area (TPSA) is 59.9 Å². The number of hydrogen-bond donors (Lipinski definition) is 1. The fraction of sp³-hybridized carbons (Fsp3) is 0.130. The summed E-state index contributed by atoms with van der Waals surface area (Å²) in [6.07, 6.45) is 0. The van der Waals surface area contributed by atoms with Gasteiger partial charge in [0.15, 0.2) is 0 Å². The van der Waals surface area contributed by atoms with Crippen LogP contribution in [0, 0.1) is 0 Å². The zero-order valence-corrected chi connectivity index (χ0v) is 15.9. The summed E-state index contributed by atoms with van der Waals surface area (Å²) in [5.74, 6) is 1.20. The van der Waals surface area contributed by atoms with E-state index in [1.807, 2.05) is 61.5 Å². The average Bonchev–Trinajstić information content (AvgIpc) is 2.77. The van der Waals surface area contributed by atoms with E-state index in [9.17, 15) is 4.79 Å². The van der Waals surface area contributed by atoms with Crippen molar-refractivity contribution in [2.45, 2.75) is 13.5 Å². The van der Waals surface area contributed by atoms with Crippen LogP contribution in [0.3, 0.4) is 0 Å². The molecule has 1 amide bonds. The Bertz CT molecular complexity index is 934. The highest BCUT2D eigenvalue weighted by Gasteiger charge is 2.06. The average molecular weight is 374 g/mol. The van der Waals surface area contributed by atoms with E-state index in [1.165, 1.54) is 0 Å². The summed E-state index contributed by atoms with van der Waals surface area (Å²) < 4.78 is 10.9. The Morgan fingerprint density at radius 1 is 0.857 bits per heavy atom. The summed E-state index contributed by atoms with van der Waals surface area (Å²) >= 11 is 0. The fourth-order valence-corrected chi connectivity index (χ4v) is 2.54. The number of benzene rings is 3. The van der Waals surface area contributed by atoms with Crippen molar-refractivity contribution in [1.29, 1.82) is 0 Å². The van der Waals surface area contributed by atoms with Gasteiger partial charge in [-0.1, -0.05) is 30.3 Å². The van der Waals surface area contributed by atoms with Crippen molar-refractivity contribution in [2.24, 2.45) is 5.10 Å². The molecular weight excluding hydrogens is 352 g/mol. The molecule has 1 N–H and O–H groups in total. The van der Waals surface area contributed by atoms with Gasteiger partial charge in [0.1, 0.15) is 18.1 Å². The van der Waals surface area contributed by atoms with E-state index >= 15 is 0 Å². The first-order chi connectivity index (χ1) is 13.7. The molecule has 0 aromatic heterocycles. The molecule has 0 unspecified atom stereocenters. The maximum atomic E-state index is 12.3. The Kier molecular flexibility index (Phi) is 6.41. The second-order valence-corrected chi connectivity index (χ2v) is 6.17. The molecule has 0 saturated carbocycles. The lowest BCUT2D eigenvalue weighted by molar-refractivity contribution is 0.0955. The van der Waals surface area contributed by atoms with Crippen LogP contribution in [0.25, 0.3) is 0 Å². The molecule has 3 aromatic rings. The van der Waals surface area contributed by atoms with Crippen molar-refractivity contribution in [1.82, 2.24) is 5.43 Å². The zero-order valence-electron chi connectivity index (χ0n) is 15.9. The normalized spacial score (nSPS) is 11.0. The summed E-state index contributed by atoms with van der Waals surface area (Å²) in [6.45, 7) is 2.32. The summed E-state index contributed by atoms with van der Waals surface area (Å²) in [5, 5.41) is 4.17. The maximum Gasteiger partial charge on any atom is 0.271 e. The molecule has 5 nitrogen and oxygen atoms in total. The minimum atomic E-state index is -0.275. The smallest absolute Gasteiger partial charge is 0.271 e. The molecular formula is C23H22N2O3. The summed E-state index contributed by atoms with van der Waals surface area (Å²) in [6, 6.07) is 24.4. The minimum absolute atomic E-state index is 0.275. The molecule has 0 fully saturated rings. The van der Waals surface area contributed by atoms with Crippen LogP contribution in [0.4, 0.5) is 0 Å². The van der Waals surface area contributed by atoms with Crippen molar-refractivity contribution in [3.63, 3.8) is 0 Å². The number of nitrogens with one attached hydrogen (secondary N) is 1. The monoisotopic (exact) mass is 374 g/mol. The molecule has 3 aromatic carbocycles. The summed E-state index contributed by atoms with van der Waals surface area (Å²) in [4.78, 5) is 12.3. The molecule has 0 saturated heterocycles. The number of hydrazone groups is 1. The number of carbonyl (C=O) groups is 1. The molecule has 0 radical (unpaired) electrons. The number of rotatable bonds is 7. The Labute approximate surface area is 164 Å². The predicted octanol–water partition coefficient (Wildman–Crippen LogP) is 4.43. The number of amides is 1. The van der Waals surface area contributed by atoms with Gasteiger partial charge >= 0.3 is 0 Å². The van der Waals surface area contributed by atoms with Gasteiger partial charge in [-0.05, 0) is 66.6 Å². The second-order valence-electron chi connectivity index (χ2n) is 6.17. The third-order valence-electron chi connectivity index (χ3n) is 4.20. The number of hydrogen-bond acceptors (Lipinski definition) is 4. The lowest BCUT2D eigenvalue weighted by Gasteiger charge is -2.07. The van der Waals surface area contributed by atoms with Gasteiger partial charge in [0.05, 0.1) is 12.8 Å². The molecule has 3 rings (SSSR count). The van der Waals surface area contributed by atoms with Crippen molar-refractivity contribution in [3.8, 4) is 11.5 Å². The van der Waals surface area contributed by atoms with Gasteiger partial charge in [-0.25, -0.2) is 5.43 Å². The molecule has 0 atom stereocenters. The van der Waals surface area contributed by atoms with Crippen LogP contribution < -0.4 is 14.9 Å². The van der Waals surface area contributed by atoms with Gasteiger partial charge < -0.3 is 9.47 Å². The van der Waals surface area contributed by atoms with Crippen molar-refractivity contribution in [2.75, 3.05) is 7.11 Å². The number of methoxy groups -OCH3 is 1. The van der Waals surface area contributed by atoms with Gasteiger partial charge in [-0.2, -0.15) is 5.10 Å². The highest BCUT2D eigenvalue weighted by molar-refractivity contribution is 6.00. The van der Waals surface area contributed by atoms with Gasteiger partial charge in [0.25, 0.3) is 5.91 Å². The molecule has 28 heavy (non-hydrogen) atoms. The molecule has 0 heterocycles. The molecule has 5 heteroatoms. The first-order valence-electron chi connectivity index (χ1n) is 8.91. The quantitative estimate of drug-likeness (QED) is 0.492. The van der Waals surface area contributed by atoms with E-state index in [4.69, 9.17) is 9.47 Å². The second kappa shape index (κ2) is 9.37. The zero-order chi connectivity index (χ0) is 19.8. The van der Waals surface area contributed by atoms with E-state index in [2.05, 4.69) is 10.5 Å². The number of carbonyl (C=O) groups excluding carboxylic acids is 1. The standard InChI is InChI=1S/C23H22N2O3/c1-17(19-8-12-21(27-2)13-9-19)24-25-23(26)20-10-14-22(15-11-20)28-16-18-6-4-3-5-7-18/h3-15H,16H2,1-2H3,(H,25,26). The predicted molar refractivity (Wildman–Crippen MR) is 110 cm³/mol. The van der Waals surface area contributed by atoms with Crippen LogP contribution in [0.1, 0.15) is 28.4 Å². The largest absolute Gasteiger partial charge is 0.497 e. The number of nitrogens with zero attached hydrogens (tertiary/aromatic N) is 1. The van der Waals surface area contributed by atoms with Crippen molar-refractivity contribution in [3.05, 3.63) is 95.6 Å². The molecule has 0 bridgehead atoms. The van der Waals surface area contributed by atoms with E-state index < -0.39 is 0 Å². The van der Waals surface area contributed by atoms with Gasteiger partial charge in [0.2, 0.25) is 0 Å². The third-order valence-corrected chi connectivity index (χ3v) is 4.20. The Balaban J connectivity index is 1.56. The lowest BCUT2D eigenvalue weighted by Crippen LogP contribution is -2.19.